The van der Waals surface area contributed by atoms with E-state index in [1.165, 1.54) is 12.8 Å². The highest BCUT2D eigenvalue weighted by atomic mass is 16.5. The van der Waals surface area contributed by atoms with E-state index in [0.29, 0.717) is 6.61 Å². The number of nitrogens with one attached hydrogen (secondary N) is 1. The molecule has 1 aliphatic carbocycles. The first kappa shape index (κ1) is 11.0. The molecule has 0 bridgehead atoms. The van der Waals surface area contributed by atoms with Crippen molar-refractivity contribution < 1.29 is 9.84 Å². The molecule has 2 N–H and O–H groups in total. The van der Waals surface area contributed by atoms with Gasteiger partial charge in [0.15, 0.2) is 0 Å². The Morgan fingerprint density at radius 2 is 2.15 bits per heavy atom. The average Bonchev–Trinajstić information content (AvgIpc) is 2.85. The van der Waals surface area contributed by atoms with Crippen LogP contribution in [0.25, 0.3) is 0 Å². The Labute approximate surface area is 80.5 Å². The topological polar surface area (TPSA) is 41.5 Å². The van der Waals surface area contributed by atoms with E-state index in [1.807, 2.05) is 0 Å². The zero-order valence-corrected chi connectivity index (χ0v) is 8.89. The molecule has 0 saturated heterocycles. The summed E-state index contributed by atoms with van der Waals surface area (Å²) in [5.74, 6) is 0. The van der Waals surface area contributed by atoms with Gasteiger partial charge in [0.05, 0.1) is 13.2 Å². The van der Waals surface area contributed by atoms with Crippen LogP contribution in [0.5, 0.6) is 0 Å². The minimum atomic E-state index is -0.133. The first-order valence-corrected chi connectivity index (χ1v) is 4.93. The van der Waals surface area contributed by atoms with Crippen molar-refractivity contribution in [2.24, 2.45) is 5.41 Å². The summed E-state index contributed by atoms with van der Waals surface area (Å²) in [5.41, 5.74) is 0.154. The maximum atomic E-state index is 9.36. The molecule has 1 unspecified atom stereocenters. The third kappa shape index (κ3) is 2.22. The minimum Gasteiger partial charge on any atom is -0.394 e. The van der Waals surface area contributed by atoms with Gasteiger partial charge in [-0.25, -0.2) is 0 Å². The number of aliphatic hydroxyl groups is 1. The van der Waals surface area contributed by atoms with Crippen LogP contribution in [-0.2, 0) is 4.74 Å². The predicted molar refractivity (Wildman–Crippen MR) is 52.7 cm³/mol. The normalized spacial score (nSPS) is 24.0. The molecule has 0 radical (unpaired) electrons. The molecular formula is C10H21NO2. The van der Waals surface area contributed by atoms with Crippen molar-refractivity contribution in [1.82, 2.24) is 5.32 Å². The summed E-state index contributed by atoms with van der Waals surface area (Å²) < 4.78 is 4.97. The Hall–Kier alpha value is -0.120. The van der Waals surface area contributed by atoms with E-state index < -0.39 is 0 Å². The van der Waals surface area contributed by atoms with Gasteiger partial charge in [0.1, 0.15) is 0 Å². The quantitative estimate of drug-likeness (QED) is 0.604. The third-order valence-electron chi connectivity index (χ3n) is 3.47. The molecule has 0 spiro atoms. The number of aliphatic hydroxyl groups excluding tert-OH is 1. The predicted octanol–water partition coefficient (Wildman–Crippen LogP) is 0.773. The van der Waals surface area contributed by atoms with Gasteiger partial charge in [0, 0.05) is 19.2 Å². The zero-order chi connectivity index (χ0) is 9.95. The Morgan fingerprint density at radius 3 is 2.54 bits per heavy atom. The van der Waals surface area contributed by atoms with Crippen LogP contribution in [0.15, 0.2) is 0 Å². The Bertz CT molecular complexity index is 168. The van der Waals surface area contributed by atoms with Crippen molar-refractivity contribution in [2.75, 3.05) is 26.9 Å². The Morgan fingerprint density at radius 1 is 1.54 bits per heavy atom. The highest BCUT2D eigenvalue weighted by Gasteiger charge is 2.52. The minimum absolute atomic E-state index is 0.133. The lowest BCUT2D eigenvalue weighted by Crippen LogP contribution is -2.53. The molecule has 1 saturated carbocycles. The molecule has 3 nitrogen and oxygen atoms in total. The van der Waals surface area contributed by atoms with Crippen molar-refractivity contribution in [3.8, 4) is 0 Å². The highest BCUT2D eigenvalue weighted by Crippen LogP contribution is 2.53. The summed E-state index contributed by atoms with van der Waals surface area (Å²) in [6.07, 6.45) is 2.42. The lowest BCUT2D eigenvalue weighted by atomic mass is 9.84. The van der Waals surface area contributed by atoms with E-state index in [4.69, 9.17) is 4.74 Å². The third-order valence-corrected chi connectivity index (χ3v) is 3.47. The van der Waals surface area contributed by atoms with Crippen molar-refractivity contribution in [3.63, 3.8) is 0 Å². The van der Waals surface area contributed by atoms with Crippen molar-refractivity contribution >= 4 is 0 Å². The van der Waals surface area contributed by atoms with E-state index in [-0.39, 0.29) is 17.6 Å². The lowest BCUT2D eigenvalue weighted by Gasteiger charge is -2.35. The molecule has 3 heteroatoms. The summed E-state index contributed by atoms with van der Waals surface area (Å²) >= 11 is 0. The van der Waals surface area contributed by atoms with E-state index in [9.17, 15) is 5.11 Å². The molecule has 0 aromatic rings. The van der Waals surface area contributed by atoms with Gasteiger partial charge in [-0.15, -0.1) is 0 Å². The molecule has 0 aliphatic heterocycles. The maximum absolute atomic E-state index is 9.36. The number of hydrogen-bond acceptors (Lipinski definition) is 3. The molecule has 1 aliphatic rings. The van der Waals surface area contributed by atoms with Gasteiger partial charge in [-0.3, -0.25) is 0 Å². The van der Waals surface area contributed by atoms with Crippen LogP contribution in [-0.4, -0.2) is 37.5 Å². The van der Waals surface area contributed by atoms with Gasteiger partial charge in [0.25, 0.3) is 0 Å². The van der Waals surface area contributed by atoms with Gasteiger partial charge in [-0.05, 0) is 25.2 Å². The van der Waals surface area contributed by atoms with Gasteiger partial charge in [0.2, 0.25) is 0 Å². The molecule has 78 valence electrons. The average molecular weight is 187 g/mol. The van der Waals surface area contributed by atoms with Gasteiger partial charge in [-0.2, -0.15) is 0 Å². The summed E-state index contributed by atoms with van der Waals surface area (Å²) in [7, 11) is 1.69. The molecule has 1 rings (SSSR count). The van der Waals surface area contributed by atoms with Gasteiger partial charge in [-0.1, -0.05) is 6.92 Å². The fraction of sp³-hybridized carbons (Fsp3) is 1.00. The molecule has 0 heterocycles. The fourth-order valence-electron chi connectivity index (χ4n) is 1.63. The number of ether oxygens (including phenoxy) is 1. The van der Waals surface area contributed by atoms with Crippen LogP contribution in [0, 0.1) is 5.41 Å². The summed E-state index contributed by atoms with van der Waals surface area (Å²) in [4.78, 5) is 0. The monoisotopic (exact) mass is 187 g/mol. The zero-order valence-electron chi connectivity index (χ0n) is 8.89. The standard InChI is InChI=1S/C10H21NO2/c1-9(4-5-9)10(2,8-12)11-6-7-13-3/h11-12H,4-8H2,1-3H3. The van der Waals surface area contributed by atoms with E-state index in [1.54, 1.807) is 7.11 Å². The van der Waals surface area contributed by atoms with Crippen molar-refractivity contribution in [3.05, 3.63) is 0 Å². The smallest absolute Gasteiger partial charge is 0.0615 e. The summed E-state index contributed by atoms with van der Waals surface area (Å²) in [5, 5.41) is 12.7. The van der Waals surface area contributed by atoms with Gasteiger partial charge >= 0.3 is 0 Å². The number of methoxy groups -OCH3 is 1. The number of hydrogen-bond donors (Lipinski definition) is 2. The second-order valence-electron chi connectivity index (χ2n) is 4.47. The van der Waals surface area contributed by atoms with Crippen LogP contribution in [0.3, 0.4) is 0 Å². The summed E-state index contributed by atoms with van der Waals surface area (Å²) in [6.45, 7) is 6.03. The maximum Gasteiger partial charge on any atom is 0.0615 e. The molecule has 13 heavy (non-hydrogen) atoms. The van der Waals surface area contributed by atoms with Crippen LogP contribution in [0.2, 0.25) is 0 Å². The van der Waals surface area contributed by atoms with Gasteiger partial charge < -0.3 is 15.2 Å². The van der Waals surface area contributed by atoms with Crippen LogP contribution >= 0.6 is 0 Å². The van der Waals surface area contributed by atoms with Crippen LogP contribution in [0.1, 0.15) is 26.7 Å². The fourth-order valence-corrected chi connectivity index (χ4v) is 1.63. The van der Waals surface area contributed by atoms with Crippen LogP contribution in [0.4, 0.5) is 0 Å². The Balaban J connectivity index is 2.40. The number of rotatable bonds is 6. The van der Waals surface area contributed by atoms with E-state index in [2.05, 4.69) is 19.2 Å². The van der Waals surface area contributed by atoms with Crippen molar-refractivity contribution in [2.45, 2.75) is 32.2 Å². The first-order valence-electron chi connectivity index (χ1n) is 4.93. The Kier molecular flexibility index (Phi) is 3.33. The lowest BCUT2D eigenvalue weighted by molar-refractivity contribution is 0.100. The molecule has 1 atom stereocenters. The summed E-state index contributed by atoms with van der Waals surface area (Å²) in [6, 6.07) is 0. The SMILES string of the molecule is COCCNC(C)(CO)C1(C)CC1. The molecular weight excluding hydrogens is 166 g/mol. The first-order chi connectivity index (χ1) is 6.08. The second-order valence-corrected chi connectivity index (χ2v) is 4.47. The largest absolute Gasteiger partial charge is 0.394 e. The second kappa shape index (κ2) is 3.95. The van der Waals surface area contributed by atoms with Crippen LogP contribution < -0.4 is 5.32 Å². The molecule has 1 fully saturated rings. The van der Waals surface area contributed by atoms with Crippen molar-refractivity contribution in [1.29, 1.82) is 0 Å². The van der Waals surface area contributed by atoms with E-state index in [0.717, 1.165) is 6.54 Å². The molecule has 0 amide bonds. The molecule has 0 aromatic carbocycles. The molecule has 0 aromatic heterocycles. The highest BCUT2D eigenvalue weighted by molar-refractivity contribution is 5.07. The van der Waals surface area contributed by atoms with E-state index >= 15 is 0 Å².